The van der Waals surface area contributed by atoms with Crippen molar-refractivity contribution >= 4 is 8.07 Å². The smallest absolute Gasteiger partial charge is 0.149 e. The van der Waals surface area contributed by atoms with E-state index < -0.39 is 14.7 Å². The number of halogens is 1. The Labute approximate surface area is 89.3 Å². The van der Waals surface area contributed by atoms with E-state index >= 15 is 0 Å². The largest absolute Gasteiger partial charge is 0.237 e. The molecule has 0 bridgehead atoms. The maximum Gasteiger partial charge on any atom is 0.149 e. The normalized spacial score (nSPS) is 12.1. The van der Waals surface area contributed by atoms with E-state index in [9.17, 15) is 4.39 Å². The zero-order valence-corrected chi connectivity index (χ0v) is 11.3. The molecular formula is C12H23FSi. The Bertz CT molecular complexity index is 198. The minimum Gasteiger partial charge on any atom is -0.237 e. The van der Waals surface area contributed by atoms with Gasteiger partial charge >= 0.3 is 0 Å². The van der Waals surface area contributed by atoms with Gasteiger partial charge in [0.25, 0.3) is 0 Å². The van der Waals surface area contributed by atoms with Crippen LogP contribution < -0.4 is 0 Å². The van der Waals surface area contributed by atoms with E-state index in [1.165, 1.54) is 0 Å². The molecule has 2 heteroatoms. The van der Waals surface area contributed by atoms with Gasteiger partial charge in [-0.15, -0.1) is 5.54 Å². The molecule has 0 unspecified atom stereocenters. The molecule has 0 atom stereocenters. The van der Waals surface area contributed by atoms with E-state index in [0.717, 1.165) is 0 Å². The van der Waals surface area contributed by atoms with Gasteiger partial charge in [0.05, 0.1) is 0 Å². The third-order valence-electron chi connectivity index (χ3n) is 3.24. The van der Waals surface area contributed by atoms with Crippen LogP contribution in [0.3, 0.4) is 0 Å². The highest BCUT2D eigenvalue weighted by Crippen LogP contribution is 2.40. The molecule has 0 aliphatic carbocycles. The van der Waals surface area contributed by atoms with Gasteiger partial charge in [-0.05, 0) is 16.6 Å². The fraction of sp³-hybridized carbons (Fsp3) is 0.833. The summed E-state index contributed by atoms with van der Waals surface area (Å²) in [6.45, 7) is 12.9. The van der Waals surface area contributed by atoms with E-state index in [4.69, 9.17) is 0 Å². The van der Waals surface area contributed by atoms with Crippen LogP contribution in [0.4, 0.5) is 4.39 Å². The third-order valence-corrected chi connectivity index (χ3v) is 9.58. The molecule has 0 saturated carbocycles. The summed E-state index contributed by atoms with van der Waals surface area (Å²) in [6, 6.07) is 0. The van der Waals surface area contributed by atoms with E-state index in [0.29, 0.717) is 16.6 Å². The summed E-state index contributed by atoms with van der Waals surface area (Å²) in [7, 11) is -1.65. The van der Waals surface area contributed by atoms with Crippen LogP contribution in [-0.2, 0) is 0 Å². The first-order chi connectivity index (χ1) is 6.39. The lowest BCUT2D eigenvalue weighted by Gasteiger charge is -2.38. The highest BCUT2D eigenvalue weighted by molar-refractivity contribution is 6.90. The lowest BCUT2D eigenvalue weighted by molar-refractivity contribution is 0.573. The molecule has 0 aliphatic rings. The maximum absolute atomic E-state index is 12.2. The van der Waals surface area contributed by atoms with Crippen molar-refractivity contribution in [2.24, 2.45) is 0 Å². The summed E-state index contributed by atoms with van der Waals surface area (Å²) >= 11 is 0. The topological polar surface area (TPSA) is 0 Å². The number of hydrogen-bond donors (Lipinski definition) is 0. The average molecular weight is 214 g/mol. The Morgan fingerprint density at radius 3 is 1.50 bits per heavy atom. The summed E-state index contributed by atoms with van der Waals surface area (Å²) in [5, 5.41) is 0. The maximum atomic E-state index is 12.2. The van der Waals surface area contributed by atoms with E-state index in [1.807, 2.05) is 0 Å². The minimum absolute atomic E-state index is 0.499. The molecular weight excluding hydrogens is 191 g/mol. The molecule has 0 heterocycles. The highest BCUT2D eigenvalue weighted by atomic mass is 28.3. The van der Waals surface area contributed by atoms with Crippen LogP contribution in [0.25, 0.3) is 0 Å². The van der Waals surface area contributed by atoms with Crippen molar-refractivity contribution in [3.05, 3.63) is 0 Å². The van der Waals surface area contributed by atoms with Crippen molar-refractivity contribution in [2.75, 3.05) is 6.67 Å². The van der Waals surface area contributed by atoms with Gasteiger partial charge in [0.1, 0.15) is 14.7 Å². The lowest BCUT2D eigenvalue weighted by Crippen LogP contribution is -2.43. The predicted molar refractivity (Wildman–Crippen MR) is 64.8 cm³/mol. The second kappa shape index (κ2) is 5.55. The summed E-state index contributed by atoms with van der Waals surface area (Å²) < 4.78 is 12.2. The van der Waals surface area contributed by atoms with Crippen molar-refractivity contribution in [1.82, 2.24) is 0 Å². The Hall–Kier alpha value is -0.293. The molecule has 82 valence electrons. The first kappa shape index (κ1) is 13.7. The molecule has 0 fully saturated rings. The molecule has 14 heavy (non-hydrogen) atoms. The zero-order chi connectivity index (χ0) is 11.4. The molecule has 0 spiro atoms. The van der Waals surface area contributed by atoms with Gasteiger partial charge in [-0.3, -0.25) is 0 Å². The van der Waals surface area contributed by atoms with Crippen molar-refractivity contribution in [2.45, 2.75) is 58.2 Å². The van der Waals surface area contributed by atoms with Crippen LogP contribution in [-0.4, -0.2) is 14.7 Å². The monoisotopic (exact) mass is 214 g/mol. The van der Waals surface area contributed by atoms with Gasteiger partial charge in [-0.25, -0.2) is 4.39 Å². The molecule has 0 nitrogen and oxygen atoms in total. The van der Waals surface area contributed by atoms with Gasteiger partial charge in [-0.2, -0.15) is 0 Å². The van der Waals surface area contributed by atoms with E-state index in [-0.39, 0.29) is 0 Å². The van der Waals surface area contributed by atoms with Crippen LogP contribution in [0.1, 0.15) is 41.5 Å². The number of rotatable bonds is 3. The summed E-state index contributed by atoms with van der Waals surface area (Å²) in [5.41, 5.74) is 5.09. The summed E-state index contributed by atoms with van der Waals surface area (Å²) in [4.78, 5) is 0. The molecule has 0 saturated heterocycles. The Morgan fingerprint density at radius 2 is 1.29 bits per heavy atom. The fourth-order valence-electron chi connectivity index (χ4n) is 2.62. The molecule has 0 aromatic heterocycles. The van der Waals surface area contributed by atoms with Crippen LogP contribution in [0.5, 0.6) is 0 Å². The first-order valence-corrected chi connectivity index (χ1v) is 7.68. The van der Waals surface area contributed by atoms with Gasteiger partial charge < -0.3 is 0 Å². The highest BCUT2D eigenvalue weighted by Gasteiger charge is 2.41. The molecule has 0 aromatic rings. The fourth-order valence-corrected chi connectivity index (χ4v) is 7.86. The van der Waals surface area contributed by atoms with Crippen molar-refractivity contribution in [1.29, 1.82) is 0 Å². The number of hydrogen-bond acceptors (Lipinski definition) is 0. The third kappa shape index (κ3) is 2.60. The molecule has 0 aliphatic heterocycles. The van der Waals surface area contributed by atoms with E-state index in [1.54, 1.807) is 0 Å². The minimum atomic E-state index is -1.65. The molecule has 0 radical (unpaired) electrons. The summed E-state index contributed by atoms with van der Waals surface area (Å²) in [6.07, 6.45) is 0. The Morgan fingerprint density at radius 1 is 0.929 bits per heavy atom. The van der Waals surface area contributed by atoms with Crippen LogP contribution in [0.2, 0.25) is 16.6 Å². The molecule has 0 rings (SSSR count). The second-order valence-electron chi connectivity index (χ2n) is 4.83. The molecule has 0 N–H and O–H groups in total. The molecule has 0 amide bonds. The predicted octanol–water partition coefficient (Wildman–Crippen LogP) is 4.18. The van der Waals surface area contributed by atoms with Crippen LogP contribution in [0, 0.1) is 11.5 Å². The van der Waals surface area contributed by atoms with Gasteiger partial charge in [0.15, 0.2) is 0 Å². The van der Waals surface area contributed by atoms with Crippen LogP contribution >= 0.6 is 0 Å². The SMILES string of the molecule is CC(C)[Si](C#CCF)(C(C)C)C(C)C. The Kier molecular flexibility index (Phi) is 5.44. The van der Waals surface area contributed by atoms with Crippen molar-refractivity contribution in [3.8, 4) is 11.5 Å². The Balaban J connectivity index is 5.16. The van der Waals surface area contributed by atoms with Crippen molar-refractivity contribution in [3.63, 3.8) is 0 Å². The van der Waals surface area contributed by atoms with Crippen molar-refractivity contribution < 1.29 is 4.39 Å². The van der Waals surface area contributed by atoms with E-state index in [2.05, 4.69) is 53.0 Å². The zero-order valence-electron chi connectivity index (χ0n) is 10.3. The second-order valence-corrected chi connectivity index (χ2v) is 10.4. The quantitative estimate of drug-likeness (QED) is 0.488. The van der Waals surface area contributed by atoms with Gasteiger partial charge in [0, 0.05) is 0 Å². The standard InChI is InChI=1S/C12H23FSi/c1-10(2)14(11(3)4,12(5)6)9-7-8-13/h10-12H,8H2,1-6H3. The lowest BCUT2D eigenvalue weighted by atomic mass is 10.5. The van der Waals surface area contributed by atoms with Gasteiger partial charge in [-0.1, -0.05) is 47.5 Å². The summed E-state index contributed by atoms with van der Waals surface area (Å²) in [5.74, 6) is 2.68. The molecule has 0 aromatic carbocycles. The first-order valence-electron chi connectivity index (χ1n) is 5.45. The number of alkyl halides is 1. The average Bonchev–Trinajstić information content (AvgIpc) is 2.03. The van der Waals surface area contributed by atoms with Gasteiger partial charge in [0.2, 0.25) is 0 Å². The van der Waals surface area contributed by atoms with Crippen LogP contribution in [0.15, 0.2) is 0 Å².